The molecule has 1 aliphatic heterocycles. The van der Waals surface area contributed by atoms with Crippen molar-refractivity contribution in [3.63, 3.8) is 0 Å². The molecule has 0 aromatic rings. The molecule has 17 heavy (non-hydrogen) atoms. The number of likely N-dealkylation sites (tertiary alicyclic amines) is 1. The maximum Gasteiger partial charge on any atom is 0.245 e. The van der Waals surface area contributed by atoms with Crippen molar-refractivity contribution in [2.45, 2.75) is 38.5 Å². The van der Waals surface area contributed by atoms with Gasteiger partial charge in [-0.15, -0.1) is 0 Å². The maximum absolute atomic E-state index is 11.1. The van der Waals surface area contributed by atoms with Gasteiger partial charge in [0.15, 0.2) is 0 Å². The molecular weight excluding hydrogens is 216 g/mol. The summed E-state index contributed by atoms with van der Waals surface area (Å²) >= 11 is 0. The summed E-state index contributed by atoms with van der Waals surface area (Å²) in [4.78, 5) is 13.6. The van der Waals surface area contributed by atoms with Crippen LogP contribution in [0.25, 0.3) is 0 Å². The van der Waals surface area contributed by atoms with Crippen molar-refractivity contribution in [1.82, 2.24) is 10.2 Å². The topological polar surface area (TPSA) is 41.6 Å². The van der Waals surface area contributed by atoms with Gasteiger partial charge in [0, 0.05) is 13.7 Å². The lowest BCUT2D eigenvalue weighted by Gasteiger charge is -2.26. The molecule has 1 amide bonds. The highest BCUT2D eigenvalue weighted by Crippen LogP contribution is 2.09. The molecule has 1 saturated heterocycles. The van der Waals surface area contributed by atoms with Crippen LogP contribution < -0.4 is 5.32 Å². The largest absolute Gasteiger partial charge is 0.375 e. The number of rotatable bonds is 8. The Hall–Kier alpha value is -0.610. The minimum absolute atomic E-state index is 0.0106. The molecule has 1 aliphatic rings. The highest BCUT2D eigenvalue weighted by molar-refractivity contribution is 5.77. The molecule has 0 aromatic carbocycles. The Bertz CT molecular complexity index is 204. The molecule has 0 radical (unpaired) electrons. The Morgan fingerprint density at radius 2 is 1.94 bits per heavy atom. The van der Waals surface area contributed by atoms with E-state index >= 15 is 0 Å². The van der Waals surface area contributed by atoms with E-state index < -0.39 is 0 Å². The molecule has 4 nitrogen and oxygen atoms in total. The molecule has 0 saturated carbocycles. The number of carbonyl (C=O) groups is 1. The molecular formula is C13H26N2O2. The van der Waals surface area contributed by atoms with Gasteiger partial charge in [0.2, 0.25) is 5.91 Å². The number of piperidine rings is 1. The zero-order chi connectivity index (χ0) is 12.3. The zero-order valence-electron chi connectivity index (χ0n) is 11.0. The Labute approximate surface area is 105 Å². The van der Waals surface area contributed by atoms with Gasteiger partial charge >= 0.3 is 0 Å². The van der Waals surface area contributed by atoms with Gasteiger partial charge in [-0.25, -0.2) is 0 Å². The fourth-order valence-electron chi connectivity index (χ4n) is 2.23. The van der Waals surface area contributed by atoms with Crippen LogP contribution in [0.2, 0.25) is 0 Å². The number of methoxy groups -OCH3 is 1. The molecule has 1 fully saturated rings. The first-order valence-corrected chi connectivity index (χ1v) is 6.81. The Morgan fingerprint density at radius 1 is 1.18 bits per heavy atom. The summed E-state index contributed by atoms with van der Waals surface area (Å²) in [5, 5.41) is 2.84. The van der Waals surface area contributed by atoms with E-state index in [2.05, 4.69) is 10.2 Å². The van der Waals surface area contributed by atoms with E-state index in [9.17, 15) is 4.79 Å². The predicted molar refractivity (Wildman–Crippen MR) is 69.0 cm³/mol. The van der Waals surface area contributed by atoms with Crippen molar-refractivity contribution in [2.24, 2.45) is 0 Å². The number of hydrogen-bond donors (Lipinski definition) is 1. The van der Waals surface area contributed by atoms with Crippen molar-refractivity contribution in [3.05, 3.63) is 0 Å². The van der Waals surface area contributed by atoms with E-state index in [1.54, 1.807) is 0 Å². The quantitative estimate of drug-likeness (QED) is 0.654. The van der Waals surface area contributed by atoms with Crippen LogP contribution in [0.5, 0.6) is 0 Å². The number of unbranched alkanes of at least 4 members (excludes halogenated alkanes) is 2. The van der Waals surface area contributed by atoms with Gasteiger partial charge in [-0.05, 0) is 45.3 Å². The third-order valence-electron chi connectivity index (χ3n) is 3.20. The highest BCUT2D eigenvalue weighted by Gasteiger charge is 2.08. The minimum Gasteiger partial charge on any atom is -0.375 e. The van der Waals surface area contributed by atoms with Gasteiger partial charge < -0.3 is 15.0 Å². The molecule has 4 heteroatoms. The minimum atomic E-state index is -0.0106. The molecule has 0 atom stereocenters. The van der Waals surface area contributed by atoms with Crippen LogP contribution in [0.3, 0.4) is 0 Å². The number of amides is 1. The van der Waals surface area contributed by atoms with Gasteiger partial charge in [0.1, 0.15) is 6.61 Å². The lowest BCUT2D eigenvalue weighted by atomic mass is 10.1. The zero-order valence-corrected chi connectivity index (χ0v) is 11.0. The lowest BCUT2D eigenvalue weighted by Crippen LogP contribution is -2.31. The third-order valence-corrected chi connectivity index (χ3v) is 3.20. The Morgan fingerprint density at radius 3 is 2.65 bits per heavy atom. The standard InChI is InChI=1S/C13H26N2O2/c1-17-12-13(16)14-8-4-2-5-9-15-10-6-3-7-11-15/h2-12H2,1H3,(H,14,16). The molecule has 0 aromatic heterocycles. The lowest BCUT2D eigenvalue weighted by molar-refractivity contribution is -0.124. The van der Waals surface area contributed by atoms with Crippen molar-refractivity contribution < 1.29 is 9.53 Å². The molecule has 0 bridgehead atoms. The van der Waals surface area contributed by atoms with Crippen molar-refractivity contribution in [2.75, 3.05) is 39.9 Å². The van der Waals surface area contributed by atoms with Crippen LogP contribution >= 0.6 is 0 Å². The number of nitrogens with one attached hydrogen (secondary N) is 1. The molecule has 100 valence electrons. The van der Waals surface area contributed by atoms with E-state index in [0.717, 1.165) is 13.0 Å². The van der Waals surface area contributed by atoms with Gasteiger partial charge in [-0.1, -0.05) is 12.8 Å². The summed E-state index contributed by atoms with van der Waals surface area (Å²) in [6, 6.07) is 0. The van der Waals surface area contributed by atoms with E-state index in [1.165, 1.54) is 58.8 Å². The first-order valence-electron chi connectivity index (χ1n) is 6.81. The van der Waals surface area contributed by atoms with Gasteiger partial charge in [-0.2, -0.15) is 0 Å². The third kappa shape index (κ3) is 7.34. The number of nitrogens with zero attached hydrogens (tertiary/aromatic N) is 1. The Balaban J connectivity index is 1.85. The first-order chi connectivity index (χ1) is 8.33. The van der Waals surface area contributed by atoms with Gasteiger partial charge in [0.25, 0.3) is 0 Å². The summed E-state index contributed by atoms with van der Waals surface area (Å²) in [7, 11) is 1.54. The summed E-state index contributed by atoms with van der Waals surface area (Å²) in [6.45, 7) is 4.75. The van der Waals surface area contributed by atoms with Crippen molar-refractivity contribution >= 4 is 5.91 Å². The van der Waals surface area contributed by atoms with Crippen LogP contribution in [0.4, 0.5) is 0 Å². The molecule has 1 rings (SSSR count). The van der Waals surface area contributed by atoms with E-state index in [0.29, 0.717) is 0 Å². The Kier molecular flexibility index (Phi) is 8.01. The summed E-state index contributed by atoms with van der Waals surface area (Å²) in [5.41, 5.74) is 0. The normalized spacial score (nSPS) is 17.0. The second-order valence-electron chi connectivity index (χ2n) is 4.75. The van der Waals surface area contributed by atoms with E-state index in [4.69, 9.17) is 4.74 Å². The van der Waals surface area contributed by atoms with Crippen LogP contribution in [-0.4, -0.2) is 50.7 Å². The van der Waals surface area contributed by atoms with E-state index in [1.807, 2.05) is 0 Å². The first kappa shape index (κ1) is 14.5. The predicted octanol–water partition coefficient (Wildman–Crippen LogP) is 1.41. The second kappa shape index (κ2) is 9.42. The average Bonchev–Trinajstić information content (AvgIpc) is 2.35. The highest BCUT2D eigenvalue weighted by atomic mass is 16.5. The average molecular weight is 242 g/mol. The molecule has 0 spiro atoms. The van der Waals surface area contributed by atoms with Crippen LogP contribution in [0, 0.1) is 0 Å². The summed E-state index contributed by atoms with van der Waals surface area (Å²) in [6.07, 6.45) is 7.66. The van der Waals surface area contributed by atoms with Crippen LogP contribution in [0.1, 0.15) is 38.5 Å². The number of hydrogen-bond acceptors (Lipinski definition) is 3. The molecule has 1 heterocycles. The SMILES string of the molecule is COCC(=O)NCCCCCN1CCCCC1. The van der Waals surface area contributed by atoms with Crippen LogP contribution in [0.15, 0.2) is 0 Å². The molecule has 0 unspecified atom stereocenters. The van der Waals surface area contributed by atoms with Crippen molar-refractivity contribution in [3.8, 4) is 0 Å². The monoisotopic (exact) mass is 242 g/mol. The molecule has 0 aliphatic carbocycles. The number of carbonyl (C=O) groups excluding carboxylic acids is 1. The summed E-state index contributed by atoms with van der Waals surface area (Å²) < 4.78 is 4.74. The fourth-order valence-corrected chi connectivity index (χ4v) is 2.23. The molecule has 1 N–H and O–H groups in total. The van der Waals surface area contributed by atoms with Crippen molar-refractivity contribution in [1.29, 1.82) is 0 Å². The van der Waals surface area contributed by atoms with Gasteiger partial charge in [-0.3, -0.25) is 4.79 Å². The van der Waals surface area contributed by atoms with Gasteiger partial charge in [0.05, 0.1) is 0 Å². The van der Waals surface area contributed by atoms with Crippen LogP contribution in [-0.2, 0) is 9.53 Å². The second-order valence-corrected chi connectivity index (χ2v) is 4.75. The number of ether oxygens (including phenoxy) is 1. The smallest absolute Gasteiger partial charge is 0.245 e. The fraction of sp³-hybridized carbons (Fsp3) is 0.923. The maximum atomic E-state index is 11.1. The summed E-state index contributed by atoms with van der Waals surface area (Å²) in [5.74, 6) is -0.0106. The van der Waals surface area contributed by atoms with E-state index in [-0.39, 0.29) is 12.5 Å².